The normalized spacial score (nSPS) is 13.2. The van der Waals surface area contributed by atoms with Crippen molar-refractivity contribution in [2.45, 2.75) is 64.8 Å². The highest BCUT2D eigenvalue weighted by Crippen LogP contribution is 2.29. The zero-order valence-electron chi connectivity index (χ0n) is 16.1. The van der Waals surface area contributed by atoms with Crippen molar-refractivity contribution in [1.29, 1.82) is 0 Å². The Balaban J connectivity index is 2.46. The third-order valence-electron chi connectivity index (χ3n) is 4.45. The van der Waals surface area contributed by atoms with Crippen LogP contribution in [0.4, 0.5) is 0 Å². The van der Waals surface area contributed by atoms with Crippen LogP contribution in [0, 0.1) is 0 Å². The van der Waals surface area contributed by atoms with Gasteiger partial charge in [0.15, 0.2) is 0 Å². The Labute approximate surface area is 151 Å². The Morgan fingerprint density at radius 1 is 0.600 bits per heavy atom. The quantitative estimate of drug-likeness (QED) is 0.771. The molecule has 3 heteroatoms. The van der Waals surface area contributed by atoms with Crippen molar-refractivity contribution in [3.8, 4) is 0 Å². The van der Waals surface area contributed by atoms with Crippen molar-refractivity contribution in [3.63, 3.8) is 0 Å². The highest BCUT2D eigenvalue weighted by Gasteiger charge is 2.23. The summed E-state index contributed by atoms with van der Waals surface area (Å²) in [5, 5.41) is 31.0. The van der Waals surface area contributed by atoms with E-state index in [4.69, 9.17) is 0 Å². The molecule has 0 unspecified atom stereocenters. The number of aliphatic hydroxyl groups is 3. The molecule has 0 aromatic heterocycles. The molecular weight excluding hydrogens is 312 g/mol. The number of benzene rings is 2. The second-order valence-electron chi connectivity index (χ2n) is 8.47. The van der Waals surface area contributed by atoms with Crippen LogP contribution in [0.25, 0.3) is 0 Å². The summed E-state index contributed by atoms with van der Waals surface area (Å²) in [7, 11) is 0. The lowest BCUT2D eigenvalue weighted by Gasteiger charge is -2.25. The van der Waals surface area contributed by atoms with E-state index in [1.54, 1.807) is 41.5 Å². The maximum atomic E-state index is 10.4. The fourth-order valence-corrected chi connectivity index (χ4v) is 2.80. The van der Waals surface area contributed by atoms with E-state index in [2.05, 4.69) is 0 Å². The summed E-state index contributed by atoms with van der Waals surface area (Å²) in [6.45, 7) is 10.5. The van der Waals surface area contributed by atoms with E-state index in [1.165, 1.54) is 0 Å². The minimum absolute atomic E-state index is 0.664. The van der Waals surface area contributed by atoms with E-state index >= 15 is 0 Å². The molecule has 0 heterocycles. The van der Waals surface area contributed by atoms with Crippen LogP contribution in [-0.4, -0.2) is 15.3 Å². The highest BCUT2D eigenvalue weighted by molar-refractivity contribution is 5.39. The van der Waals surface area contributed by atoms with Gasteiger partial charge in [0.1, 0.15) is 0 Å². The lowest BCUT2D eigenvalue weighted by atomic mass is 9.87. The average molecular weight is 342 g/mol. The first-order chi connectivity index (χ1) is 11.3. The second-order valence-corrected chi connectivity index (χ2v) is 8.47. The lowest BCUT2D eigenvalue weighted by molar-refractivity contribution is 0.0716. The third kappa shape index (κ3) is 5.15. The topological polar surface area (TPSA) is 60.7 Å². The van der Waals surface area contributed by atoms with Crippen molar-refractivity contribution in [2.24, 2.45) is 0 Å². The minimum atomic E-state index is -0.981. The molecule has 0 fully saturated rings. The van der Waals surface area contributed by atoms with Crippen molar-refractivity contribution >= 4 is 0 Å². The Bertz CT molecular complexity index is 709. The van der Waals surface area contributed by atoms with Crippen molar-refractivity contribution < 1.29 is 15.3 Å². The maximum Gasteiger partial charge on any atom is 0.0840 e. The summed E-state index contributed by atoms with van der Waals surface area (Å²) in [6.07, 6.45) is 0.664. The fraction of sp³-hybridized carbons (Fsp3) is 0.455. The largest absolute Gasteiger partial charge is 0.386 e. The van der Waals surface area contributed by atoms with E-state index in [0.717, 1.165) is 27.8 Å². The predicted octanol–water partition coefficient (Wildman–Crippen LogP) is 3.96. The zero-order chi connectivity index (χ0) is 19.0. The zero-order valence-corrected chi connectivity index (χ0v) is 16.1. The first-order valence-electron chi connectivity index (χ1n) is 8.68. The van der Waals surface area contributed by atoms with Gasteiger partial charge in [-0.1, -0.05) is 42.5 Å². The third-order valence-corrected chi connectivity index (χ3v) is 4.45. The maximum absolute atomic E-state index is 10.4. The van der Waals surface area contributed by atoms with E-state index in [0.29, 0.717) is 6.42 Å². The molecule has 0 amide bonds. The molecule has 136 valence electrons. The summed E-state index contributed by atoms with van der Waals surface area (Å²) in [4.78, 5) is 0. The molecule has 0 saturated carbocycles. The molecule has 0 bridgehead atoms. The van der Waals surface area contributed by atoms with Crippen LogP contribution in [0.5, 0.6) is 0 Å². The number of hydrogen-bond acceptors (Lipinski definition) is 3. The van der Waals surface area contributed by atoms with E-state index in [-0.39, 0.29) is 0 Å². The minimum Gasteiger partial charge on any atom is -0.386 e. The smallest absolute Gasteiger partial charge is 0.0840 e. The summed E-state index contributed by atoms with van der Waals surface area (Å²) >= 11 is 0. The van der Waals surface area contributed by atoms with Crippen LogP contribution >= 0.6 is 0 Å². The molecule has 2 aromatic carbocycles. The Morgan fingerprint density at radius 2 is 1.04 bits per heavy atom. The van der Waals surface area contributed by atoms with Gasteiger partial charge in [-0.25, -0.2) is 0 Å². The lowest BCUT2D eigenvalue weighted by Crippen LogP contribution is -2.21. The molecule has 0 saturated heterocycles. The number of rotatable bonds is 5. The van der Waals surface area contributed by atoms with Crippen molar-refractivity contribution in [3.05, 3.63) is 70.3 Å². The van der Waals surface area contributed by atoms with Crippen molar-refractivity contribution in [2.75, 3.05) is 0 Å². The summed E-state index contributed by atoms with van der Waals surface area (Å²) in [6, 6.07) is 13.7. The molecule has 3 nitrogen and oxygen atoms in total. The fourth-order valence-electron chi connectivity index (χ4n) is 2.80. The van der Waals surface area contributed by atoms with Gasteiger partial charge in [-0.3, -0.25) is 0 Å². The van der Waals surface area contributed by atoms with Crippen LogP contribution in [0.15, 0.2) is 42.5 Å². The molecule has 0 aliphatic heterocycles. The molecular formula is C22H30O3. The van der Waals surface area contributed by atoms with Gasteiger partial charge in [0.2, 0.25) is 0 Å². The molecule has 0 aliphatic carbocycles. The van der Waals surface area contributed by atoms with Gasteiger partial charge in [0.05, 0.1) is 16.8 Å². The van der Waals surface area contributed by atoms with Crippen LogP contribution in [-0.2, 0) is 23.2 Å². The molecule has 0 atom stereocenters. The van der Waals surface area contributed by atoms with Crippen LogP contribution in [0.2, 0.25) is 0 Å². The predicted molar refractivity (Wildman–Crippen MR) is 101 cm³/mol. The van der Waals surface area contributed by atoms with E-state index < -0.39 is 16.8 Å². The Morgan fingerprint density at radius 3 is 1.48 bits per heavy atom. The highest BCUT2D eigenvalue weighted by atomic mass is 16.3. The van der Waals surface area contributed by atoms with Crippen LogP contribution in [0.1, 0.15) is 69.4 Å². The molecule has 3 N–H and O–H groups in total. The SMILES string of the molecule is CC(C)(O)c1cccc(Cc2cc(C(C)(C)O)cc(C(C)(C)O)c2)c1. The van der Waals surface area contributed by atoms with Gasteiger partial charge >= 0.3 is 0 Å². The first-order valence-corrected chi connectivity index (χ1v) is 8.68. The molecule has 25 heavy (non-hydrogen) atoms. The molecule has 2 aromatic rings. The monoisotopic (exact) mass is 342 g/mol. The molecule has 0 radical (unpaired) electrons. The van der Waals surface area contributed by atoms with E-state index in [9.17, 15) is 15.3 Å². The summed E-state index contributed by atoms with van der Waals surface area (Å²) in [5.41, 5.74) is 1.67. The van der Waals surface area contributed by atoms with Gasteiger partial charge in [-0.05, 0) is 75.8 Å². The van der Waals surface area contributed by atoms with Crippen LogP contribution < -0.4 is 0 Å². The standard InChI is InChI=1S/C22H30O3/c1-20(2,23)17-9-7-8-15(11-17)10-16-12-18(21(3,4)24)14-19(13-16)22(5,6)25/h7-9,11-14,23-25H,10H2,1-6H3. The average Bonchev–Trinajstić information content (AvgIpc) is 2.44. The summed E-state index contributed by atoms with van der Waals surface area (Å²) in [5.74, 6) is 0. The Kier molecular flexibility index (Phi) is 5.16. The second kappa shape index (κ2) is 6.56. The van der Waals surface area contributed by atoms with Crippen molar-refractivity contribution in [1.82, 2.24) is 0 Å². The van der Waals surface area contributed by atoms with Gasteiger partial charge in [0.25, 0.3) is 0 Å². The van der Waals surface area contributed by atoms with Gasteiger partial charge in [0, 0.05) is 0 Å². The van der Waals surface area contributed by atoms with Gasteiger partial charge in [-0.15, -0.1) is 0 Å². The number of hydrogen-bond donors (Lipinski definition) is 3. The van der Waals surface area contributed by atoms with Gasteiger partial charge < -0.3 is 15.3 Å². The molecule has 2 rings (SSSR count). The first kappa shape index (κ1) is 19.6. The molecule has 0 spiro atoms. The van der Waals surface area contributed by atoms with Gasteiger partial charge in [-0.2, -0.15) is 0 Å². The summed E-state index contributed by atoms with van der Waals surface area (Å²) < 4.78 is 0. The molecule has 0 aliphatic rings. The van der Waals surface area contributed by atoms with E-state index in [1.807, 2.05) is 42.5 Å². The Hall–Kier alpha value is -1.68. The van der Waals surface area contributed by atoms with Crippen LogP contribution in [0.3, 0.4) is 0 Å².